The van der Waals surface area contributed by atoms with Crippen molar-refractivity contribution in [3.63, 3.8) is 0 Å². The van der Waals surface area contributed by atoms with Gasteiger partial charge in [-0.3, -0.25) is 4.79 Å². The molecule has 1 aromatic heterocycles. The van der Waals surface area contributed by atoms with Crippen molar-refractivity contribution in [2.75, 3.05) is 13.7 Å². The lowest BCUT2D eigenvalue weighted by Gasteiger charge is -2.35. The Morgan fingerprint density at radius 3 is 2.78 bits per heavy atom. The number of hydrogen-bond acceptors (Lipinski definition) is 3. The second kappa shape index (κ2) is 8.89. The zero-order valence-electron chi connectivity index (χ0n) is 19.0. The third-order valence-corrected chi connectivity index (χ3v) is 7.17. The highest BCUT2D eigenvalue weighted by Crippen LogP contribution is 2.41. The van der Waals surface area contributed by atoms with E-state index in [4.69, 9.17) is 9.47 Å². The van der Waals surface area contributed by atoms with E-state index < -0.39 is 0 Å². The first-order chi connectivity index (χ1) is 15.7. The van der Waals surface area contributed by atoms with Crippen LogP contribution in [0.4, 0.5) is 0 Å². The Morgan fingerprint density at radius 1 is 1.16 bits per heavy atom. The predicted molar refractivity (Wildman–Crippen MR) is 126 cm³/mol. The summed E-state index contributed by atoms with van der Waals surface area (Å²) >= 11 is 0. The summed E-state index contributed by atoms with van der Waals surface area (Å²) in [6.07, 6.45) is 10.7. The first-order valence-corrected chi connectivity index (χ1v) is 11.8. The second-order valence-corrected chi connectivity index (χ2v) is 9.24. The van der Waals surface area contributed by atoms with Gasteiger partial charge in [-0.25, -0.2) is 0 Å². The van der Waals surface area contributed by atoms with Crippen LogP contribution in [-0.2, 0) is 17.6 Å². The van der Waals surface area contributed by atoms with Crippen molar-refractivity contribution in [3.05, 3.63) is 58.8 Å². The quantitative estimate of drug-likeness (QED) is 0.502. The maximum atomic E-state index is 11.9. The van der Waals surface area contributed by atoms with Gasteiger partial charge in [0, 0.05) is 23.6 Å². The van der Waals surface area contributed by atoms with Crippen molar-refractivity contribution in [3.8, 4) is 11.5 Å². The van der Waals surface area contributed by atoms with E-state index >= 15 is 0 Å². The van der Waals surface area contributed by atoms with Gasteiger partial charge in [0.25, 0.3) is 0 Å². The van der Waals surface area contributed by atoms with Gasteiger partial charge in [-0.15, -0.1) is 0 Å². The number of aromatic nitrogens is 1. The minimum absolute atomic E-state index is 0.0443. The van der Waals surface area contributed by atoms with E-state index in [-0.39, 0.29) is 12.1 Å². The van der Waals surface area contributed by atoms with Crippen LogP contribution in [0.3, 0.4) is 0 Å². The molecule has 1 saturated carbocycles. The van der Waals surface area contributed by atoms with E-state index in [1.807, 2.05) is 4.90 Å². The van der Waals surface area contributed by atoms with Crippen LogP contribution in [-0.4, -0.2) is 36.1 Å². The number of H-pyrrole nitrogens is 1. The number of carbonyl (C=O) groups excluding carboxylic acids is 1. The van der Waals surface area contributed by atoms with E-state index in [0.29, 0.717) is 0 Å². The van der Waals surface area contributed by atoms with Crippen LogP contribution in [0.15, 0.2) is 36.5 Å². The summed E-state index contributed by atoms with van der Waals surface area (Å²) in [7, 11) is 1.71. The van der Waals surface area contributed by atoms with E-state index in [0.717, 1.165) is 56.6 Å². The molecule has 0 unspecified atom stereocenters. The van der Waals surface area contributed by atoms with Crippen molar-refractivity contribution in [2.24, 2.45) is 0 Å². The van der Waals surface area contributed by atoms with Crippen molar-refractivity contribution in [1.29, 1.82) is 0 Å². The van der Waals surface area contributed by atoms with Crippen LogP contribution in [0.2, 0.25) is 0 Å². The average Bonchev–Trinajstić information content (AvgIpc) is 3.46. The van der Waals surface area contributed by atoms with Crippen molar-refractivity contribution in [2.45, 2.75) is 64.0 Å². The number of rotatable bonds is 7. The molecule has 3 aromatic rings. The smallest absolute Gasteiger partial charge is 0.210 e. The number of aromatic amines is 1. The number of methoxy groups -OCH3 is 1. The number of aryl methyl sites for hydroxylation is 2. The molecular weight excluding hydrogens is 400 g/mol. The van der Waals surface area contributed by atoms with Crippen LogP contribution in [0, 0.1) is 6.92 Å². The van der Waals surface area contributed by atoms with Gasteiger partial charge in [0.15, 0.2) is 11.5 Å². The Labute approximate surface area is 189 Å². The lowest BCUT2D eigenvalue weighted by molar-refractivity contribution is -0.120. The van der Waals surface area contributed by atoms with Gasteiger partial charge in [-0.2, -0.15) is 0 Å². The topological polar surface area (TPSA) is 54.6 Å². The van der Waals surface area contributed by atoms with E-state index in [9.17, 15) is 4.79 Å². The Kier molecular flexibility index (Phi) is 5.81. The normalized spacial score (nSPS) is 18.7. The monoisotopic (exact) mass is 432 g/mol. The molecule has 0 radical (unpaired) electrons. The number of ether oxygens (including phenoxy) is 2. The molecule has 1 aliphatic carbocycles. The van der Waals surface area contributed by atoms with Crippen LogP contribution in [0.5, 0.6) is 11.5 Å². The molecule has 1 fully saturated rings. The molecular formula is C27H32N2O3. The van der Waals surface area contributed by atoms with Crippen LogP contribution in [0.1, 0.15) is 60.4 Å². The minimum atomic E-state index is 0.0443. The lowest BCUT2D eigenvalue weighted by Crippen LogP contribution is -2.34. The molecule has 5 heteroatoms. The SMILES string of the molecule is COc1cc2c(cc1OC1CCCC1)[C@@H](CCc1c[nH]c3ccc(C)cc13)N(C=O)CC2. The molecule has 168 valence electrons. The van der Waals surface area contributed by atoms with Crippen molar-refractivity contribution >= 4 is 17.3 Å². The molecule has 0 spiro atoms. The number of fused-ring (bicyclic) bond motifs is 2. The van der Waals surface area contributed by atoms with E-state index in [2.05, 4.69) is 48.4 Å². The zero-order valence-corrected chi connectivity index (χ0v) is 19.0. The molecule has 5 nitrogen and oxygen atoms in total. The molecule has 2 aromatic carbocycles. The van der Waals surface area contributed by atoms with Crippen LogP contribution in [0.25, 0.3) is 10.9 Å². The average molecular weight is 433 g/mol. The highest BCUT2D eigenvalue weighted by Gasteiger charge is 2.29. The Morgan fingerprint density at radius 2 is 2.00 bits per heavy atom. The van der Waals surface area contributed by atoms with Crippen LogP contribution < -0.4 is 9.47 Å². The van der Waals surface area contributed by atoms with Crippen molar-refractivity contribution < 1.29 is 14.3 Å². The maximum absolute atomic E-state index is 11.9. The fourth-order valence-corrected chi connectivity index (χ4v) is 5.40. The Bertz CT molecular complexity index is 1110. The fourth-order valence-electron chi connectivity index (χ4n) is 5.40. The second-order valence-electron chi connectivity index (χ2n) is 9.24. The summed E-state index contributed by atoms with van der Waals surface area (Å²) in [5.74, 6) is 1.62. The van der Waals surface area contributed by atoms with Gasteiger partial charge >= 0.3 is 0 Å². The number of nitrogens with one attached hydrogen (secondary N) is 1. The maximum Gasteiger partial charge on any atom is 0.210 e. The number of amides is 1. The van der Waals surface area contributed by atoms with Crippen LogP contribution >= 0.6 is 0 Å². The summed E-state index contributed by atoms with van der Waals surface area (Å²) in [6, 6.07) is 10.8. The largest absolute Gasteiger partial charge is 0.493 e. The molecule has 2 heterocycles. The summed E-state index contributed by atoms with van der Waals surface area (Å²) in [6.45, 7) is 2.86. The molecule has 1 atom stereocenters. The molecule has 32 heavy (non-hydrogen) atoms. The first kappa shape index (κ1) is 20.9. The summed E-state index contributed by atoms with van der Waals surface area (Å²) in [5.41, 5.74) is 6.19. The minimum Gasteiger partial charge on any atom is -0.493 e. The molecule has 5 rings (SSSR count). The van der Waals surface area contributed by atoms with Gasteiger partial charge in [0.05, 0.1) is 19.3 Å². The molecule has 0 saturated heterocycles. The summed E-state index contributed by atoms with van der Waals surface area (Å²) < 4.78 is 12.0. The Balaban J connectivity index is 1.44. The van der Waals surface area contributed by atoms with E-state index in [1.54, 1.807) is 7.11 Å². The molecule has 2 aliphatic rings. The molecule has 0 bridgehead atoms. The highest BCUT2D eigenvalue weighted by molar-refractivity contribution is 5.83. The lowest BCUT2D eigenvalue weighted by atomic mass is 9.88. The number of benzene rings is 2. The molecule has 1 aliphatic heterocycles. The van der Waals surface area contributed by atoms with E-state index in [1.165, 1.54) is 46.0 Å². The number of carbonyl (C=O) groups is 1. The fraction of sp³-hybridized carbons (Fsp3) is 0.444. The standard InChI is InChI=1S/C27H32N2O3/c1-18-7-9-24-22(13-18)20(16-28-24)8-10-25-23-15-27(32-21-5-3-4-6-21)26(31-2)14-19(23)11-12-29(25)17-30/h7,9,13-17,21,25,28H,3-6,8,10-12H2,1-2H3/t25-/m1/s1. The third-order valence-electron chi connectivity index (χ3n) is 7.17. The van der Waals surface area contributed by atoms with Gasteiger partial charge in [0.1, 0.15) is 0 Å². The number of nitrogens with zero attached hydrogens (tertiary/aromatic N) is 1. The van der Waals surface area contributed by atoms with Gasteiger partial charge in [0.2, 0.25) is 6.41 Å². The van der Waals surface area contributed by atoms with Gasteiger partial charge < -0.3 is 19.4 Å². The van der Waals surface area contributed by atoms with Gasteiger partial charge in [-0.1, -0.05) is 11.6 Å². The summed E-state index contributed by atoms with van der Waals surface area (Å²) in [5, 5.41) is 1.28. The number of hydrogen-bond donors (Lipinski definition) is 1. The summed E-state index contributed by atoms with van der Waals surface area (Å²) in [4.78, 5) is 17.3. The zero-order chi connectivity index (χ0) is 22.1. The first-order valence-electron chi connectivity index (χ1n) is 11.8. The highest BCUT2D eigenvalue weighted by atomic mass is 16.5. The van der Waals surface area contributed by atoms with Crippen molar-refractivity contribution in [1.82, 2.24) is 9.88 Å². The predicted octanol–water partition coefficient (Wildman–Crippen LogP) is 5.49. The molecule has 1 N–H and O–H groups in total. The third kappa shape index (κ3) is 3.96. The molecule has 1 amide bonds. The Hall–Kier alpha value is -2.95. The van der Waals surface area contributed by atoms with Gasteiger partial charge in [-0.05, 0) is 92.8 Å².